The van der Waals surface area contributed by atoms with Crippen molar-refractivity contribution >= 4 is 11.5 Å². The fourth-order valence-corrected chi connectivity index (χ4v) is 2.72. The largest absolute Gasteiger partial charge is 0.370 e. The number of nitrogens with zero attached hydrogens (tertiary/aromatic N) is 4. The van der Waals surface area contributed by atoms with Gasteiger partial charge in [0.25, 0.3) is 0 Å². The van der Waals surface area contributed by atoms with Crippen molar-refractivity contribution in [3.05, 3.63) is 66.1 Å². The maximum Gasteiger partial charge on any atom is 0.158 e. The molecule has 0 amide bonds. The molecule has 0 aliphatic rings. The van der Waals surface area contributed by atoms with Crippen molar-refractivity contribution in [3.8, 4) is 11.3 Å². The van der Waals surface area contributed by atoms with Gasteiger partial charge in [0, 0.05) is 30.4 Å². The maximum atomic E-state index is 4.73. The molecule has 6 nitrogen and oxygen atoms in total. The molecular formula is C18H18N6. The molecule has 6 heteroatoms. The minimum atomic E-state index is 0.797. The first-order valence-electron chi connectivity index (χ1n) is 7.94. The van der Waals surface area contributed by atoms with Crippen LogP contribution in [-0.4, -0.2) is 31.3 Å². The predicted molar refractivity (Wildman–Crippen MR) is 93.9 cm³/mol. The summed E-state index contributed by atoms with van der Waals surface area (Å²) in [5.74, 6) is 0.940. The molecule has 0 bridgehead atoms. The number of nitrogens with one attached hydrogen (secondary N) is 2. The molecule has 0 unspecified atom stereocenters. The molecule has 0 saturated heterocycles. The number of aromatic amines is 1. The van der Waals surface area contributed by atoms with Gasteiger partial charge in [0.15, 0.2) is 5.65 Å². The number of anilines is 1. The summed E-state index contributed by atoms with van der Waals surface area (Å²) >= 11 is 0. The molecule has 24 heavy (non-hydrogen) atoms. The Kier molecular flexibility index (Phi) is 3.70. The number of rotatable bonds is 5. The van der Waals surface area contributed by atoms with E-state index in [1.54, 1.807) is 0 Å². The van der Waals surface area contributed by atoms with E-state index in [0.717, 1.165) is 41.4 Å². The Bertz CT molecular complexity index is 940. The van der Waals surface area contributed by atoms with Gasteiger partial charge in [0.05, 0.1) is 17.6 Å². The van der Waals surface area contributed by atoms with Crippen LogP contribution in [0.1, 0.15) is 11.3 Å². The van der Waals surface area contributed by atoms with Crippen molar-refractivity contribution < 1.29 is 0 Å². The molecule has 0 aliphatic carbocycles. The molecule has 0 radical (unpaired) electrons. The highest BCUT2D eigenvalue weighted by Crippen LogP contribution is 2.22. The summed E-state index contributed by atoms with van der Waals surface area (Å²) in [4.78, 5) is 4.73. The number of benzene rings is 1. The second-order valence-electron chi connectivity index (χ2n) is 5.73. The Morgan fingerprint density at radius 3 is 2.83 bits per heavy atom. The van der Waals surface area contributed by atoms with Gasteiger partial charge in [0.1, 0.15) is 5.82 Å². The number of hydrogen-bond donors (Lipinski definition) is 2. The van der Waals surface area contributed by atoms with Crippen LogP contribution in [0, 0.1) is 6.92 Å². The first-order chi connectivity index (χ1) is 11.8. The van der Waals surface area contributed by atoms with E-state index in [4.69, 9.17) is 4.98 Å². The lowest BCUT2D eigenvalue weighted by Crippen LogP contribution is -2.09. The molecule has 3 heterocycles. The quantitative estimate of drug-likeness (QED) is 0.593. The first-order valence-corrected chi connectivity index (χ1v) is 7.94. The fourth-order valence-electron chi connectivity index (χ4n) is 2.72. The minimum Gasteiger partial charge on any atom is -0.370 e. The molecule has 4 rings (SSSR count). The van der Waals surface area contributed by atoms with Crippen LogP contribution in [0.5, 0.6) is 0 Å². The maximum absolute atomic E-state index is 4.73. The standard InChI is InChI=1S/C18H18N6/c1-13-9-18-22-16(15-5-3-2-4-6-15)10-17(24(18)23-13)19-8-7-14-11-20-21-12-14/h2-6,9-12,19H,7-8H2,1H3,(H,20,21). The van der Waals surface area contributed by atoms with Gasteiger partial charge >= 0.3 is 0 Å². The Morgan fingerprint density at radius 1 is 1.17 bits per heavy atom. The fraction of sp³-hybridized carbons (Fsp3) is 0.167. The van der Waals surface area contributed by atoms with Crippen LogP contribution in [0.4, 0.5) is 5.82 Å². The summed E-state index contributed by atoms with van der Waals surface area (Å²) < 4.78 is 1.86. The molecular weight excluding hydrogens is 300 g/mol. The van der Waals surface area contributed by atoms with E-state index >= 15 is 0 Å². The number of hydrogen-bond acceptors (Lipinski definition) is 4. The molecule has 2 N–H and O–H groups in total. The lowest BCUT2D eigenvalue weighted by molar-refractivity contribution is 0.899. The Labute approximate surface area is 139 Å². The van der Waals surface area contributed by atoms with Crippen LogP contribution < -0.4 is 5.32 Å². The van der Waals surface area contributed by atoms with E-state index in [1.807, 2.05) is 54.2 Å². The van der Waals surface area contributed by atoms with E-state index in [-0.39, 0.29) is 0 Å². The van der Waals surface area contributed by atoms with Crippen molar-refractivity contribution in [1.82, 2.24) is 24.8 Å². The molecule has 0 fully saturated rings. The molecule has 0 saturated carbocycles. The lowest BCUT2D eigenvalue weighted by Gasteiger charge is -2.10. The SMILES string of the molecule is Cc1cc2nc(-c3ccccc3)cc(NCCc3cn[nH]c3)n2n1. The summed E-state index contributed by atoms with van der Waals surface area (Å²) in [6.45, 7) is 2.78. The second kappa shape index (κ2) is 6.16. The first kappa shape index (κ1) is 14.4. The summed E-state index contributed by atoms with van der Waals surface area (Å²) in [5, 5.41) is 14.8. The average Bonchev–Trinajstić information content (AvgIpc) is 3.24. The van der Waals surface area contributed by atoms with E-state index in [0.29, 0.717) is 0 Å². The van der Waals surface area contributed by atoms with Gasteiger partial charge in [-0.2, -0.15) is 14.7 Å². The third-order valence-corrected chi connectivity index (χ3v) is 3.89. The summed E-state index contributed by atoms with van der Waals surface area (Å²) in [5.41, 5.74) is 5.00. The zero-order chi connectivity index (χ0) is 16.4. The smallest absolute Gasteiger partial charge is 0.158 e. The Morgan fingerprint density at radius 2 is 2.04 bits per heavy atom. The second-order valence-corrected chi connectivity index (χ2v) is 5.73. The van der Waals surface area contributed by atoms with Crippen LogP contribution in [0.15, 0.2) is 54.9 Å². The zero-order valence-electron chi connectivity index (χ0n) is 13.4. The molecule has 120 valence electrons. The summed E-state index contributed by atoms with van der Waals surface area (Å²) in [6.07, 6.45) is 4.65. The van der Waals surface area contributed by atoms with Crippen molar-refractivity contribution in [3.63, 3.8) is 0 Å². The third-order valence-electron chi connectivity index (χ3n) is 3.89. The van der Waals surface area contributed by atoms with Crippen molar-refractivity contribution in [1.29, 1.82) is 0 Å². The van der Waals surface area contributed by atoms with Crippen molar-refractivity contribution in [2.75, 3.05) is 11.9 Å². The summed E-state index contributed by atoms with van der Waals surface area (Å²) in [7, 11) is 0. The van der Waals surface area contributed by atoms with Crippen LogP contribution in [-0.2, 0) is 6.42 Å². The Balaban J connectivity index is 1.67. The van der Waals surface area contributed by atoms with Gasteiger partial charge in [-0.15, -0.1) is 0 Å². The van der Waals surface area contributed by atoms with Crippen molar-refractivity contribution in [2.24, 2.45) is 0 Å². The van der Waals surface area contributed by atoms with E-state index in [1.165, 1.54) is 5.56 Å². The average molecular weight is 318 g/mol. The van der Waals surface area contributed by atoms with E-state index in [9.17, 15) is 0 Å². The van der Waals surface area contributed by atoms with Gasteiger partial charge in [-0.3, -0.25) is 5.10 Å². The lowest BCUT2D eigenvalue weighted by atomic mass is 10.1. The zero-order valence-corrected chi connectivity index (χ0v) is 13.4. The highest BCUT2D eigenvalue weighted by Gasteiger charge is 2.09. The van der Waals surface area contributed by atoms with Crippen molar-refractivity contribution in [2.45, 2.75) is 13.3 Å². The Hall–Kier alpha value is -3.15. The van der Waals surface area contributed by atoms with Gasteiger partial charge in [-0.1, -0.05) is 30.3 Å². The predicted octanol–water partition coefficient (Wildman–Crippen LogP) is 3.08. The summed E-state index contributed by atoms with van der Waals surface area (Å²) in [6, 6.07) is 14.2. The molecule has 3 aromatic heterocycles. The topological polar surface area (TPSA) is 70.9 Å². The van der Waals surface area contributed by atoms with Gasteiger partial charge in [0.2, 0.25) is 0 Å². The van der Waals surface area contributed by atoms with Gasteiger partial charge in [-0.25, -0.2) is 4.98 Å². The van der Waals surface area contributed by atoms with Crippen LogP contribution in [0.2, 0.25) is 0 Å². The van der Waals surface area contributed by atoms with Crippen LogP contribution in [0.3, 0.4) is 0 Å². The van der Waals surface area contributed by atoms with Crippen LogP contribution in [0.25, 0.3) is 16.9 Å². The normalized spacial score (nSPS) is 11.0. The van der Waals surface area contributed by atoms with Gasteiger partial charge < -0.3 is 5.32 Å². The highest BCUT2D eigenvalue weighted by atomic mass is 15.3. The molecule has 0 aliphatic heterocycles. The number of H-pyrrole nitrogens is 1. The number of aryl methyl sites for hydroxylation is 1. The monoisotopic (exact) mass is 318 g/mol. The molecule has 4 aromatic rings. The van der Waals surface area contributed by atoms with Gasteiger partial charge in [-0.05, 0) is 18.9 Å². The number of aromatic nitrogens is 5. The highest BCUT2D eigenvalue weighted by molar-refractivity contribution is 5.66. The minimum absolute atomic E-state index is 0.797. The molecule has 1 aromatic carbocycles. The molecule has 0 atom stereocenters. The molecule has 0 spiro atoms. The van der Waals surface area contributed by atoms with E-state index in [2.05, 4.69) is 32.7 Å². The number of fused-ring (bicyclic) bond motifs is 1. The van der Waals surface area contributed by atoms with E-state index < -0.39 is 0 Å². The third kappa shape index (κ3) is 2.86. The van der Waals surface area contributed by atoms with Crippen LogP contribution >= 0.6 is 0 Å².